The van der Waals surface area contributed by atoms with Crippen molar-refractivity contribution in [1.29, 1.82) is 0 Å². The summed E-state index contributed by atoms with van der Waals surface area (Å²) in [6.45, 7) is 0. The molecule has 5 heteroatoms. The maximum Gasteiger partial charge on any atom is 0.111 e. The Morgan fingerprint density at radius 3 is 2.67 bits per heavy atom. The normalized spacial score (nSPS) is 14.5. The van der Waals surface area contributed by atoms with Crippen LogP contribution >= 0.6 is 0 Å². The molecule has 0 radical (unpaired) electrons. The Balaban J connectivity index is 2.49. The number of hydrogen-bond donors (Lipinski definition) is 1. The molecule has 1 aromatic carbocycles. The molecule has 2 rings (SSSR count). The van der Waals surface area contributed by atoms with Gasteiger partial charge in [0.05, 0.1) is 15.9 Å². The first-order valence-corrected chi connectivity index (χ1v) is 6.37. The number of nitrogens with zero attached hydrogens (tertiary/aromatic N) is 2. The molecule has 0 spiro atoms. The Kier molecular flexibility index (Phi) is 2.55. The lowest BCUT2D eigenvalue weighted by atomic mass is 10.4. The fraction of sp³-hybridized carbons (Fsp3) is 0.100. The largest absolute Gasteiger partial charge is 0.283 e. The summed E-state index contributed by atoms with van der Waals surface area (Å²) in [6, 6.07) is 9.21. The zero-order valence-electron chi connectivity index (χ0n) is 8.25. The number of hydrogen-bond acceptors (Lipinski definition) is 3. The van der Waals surface area contributed by atoms with Crippen molar-refractivity contribution < 1.29 is 4.21 Å². The van der Waals surface area contributed by atoms with Crippen LogP contribution in [0.4, 0.5) is 5.69 Å². The summed E-state index contributed by atoms with van der Waals surface area (Å²) in [6.07, 6.45) is 4.79. The topological polar surface area (TPSA) is 58.1 Å². The summed E-state index contributed by atoms with van der Waals surface area (Å²) in [4.78, 5) is 0.728. The van der Waals surface area contributed by atoms with Crippen molar-refractivity contribution in [2.24, 2.45) is 4.36 Å². The van der Waals surface area contributed by atoms with E-state index in [9.17, 15) is 4.21 Å². The lowest BCUT2D eigenvalue weighted by Gasteiger charge is -2.02. The van der Waals surface area contributed by atoms with Gasteiger partial charge in [-0.3, -0.25) is 5.10 Å². The molecule has 0 bridgehead atoms. The Morgan fingerprint density at radius 2 is 2.07 bits per heavy atom. The minimum Gasteiger partial charge on any atom is -0.283 e. The molecule has 0 amide bonds. The van der Waals surface area contributed by atoms with E-state index in [1.807, 2.05) is 30.3 Å². The Hall–Kier alpha value is -1.62. The van der Waals surface area contributed by atoms with Gasteiger partial charge in [-0.15, -0.1) is 0 Å². The Labute approximate surface area is 88.5 Å². The van der Waals surface area contributed by atoms with Crippen LogP contribution in [-0.4, -0.2) is 20.7 Å². The number of aromatic amines is 1. The second-order valence-corrected chi connectivity index (χ2v) is 5.42. The lowest BCUT2D eigenvalue weighted by Crippen LogP contribution is -1.95. The third-order valence-corrected chi connectivity index (χ3v) is 3.65. The van der Waals surface area contributed by atoms with Crippen LogP contribution in [0.15, 0.2) is 52.0 Å². The van der Waals surface area contributed by atoms with Gasteiger partial charge in [-0.2, -0.15) is 9.46 Å². The SMILES string of the molecule is C[S@](=O)(=Nc1cn[nH]c1)c1ccccc1. The molecule has 4 nitrogen and oxygen atoms in total. The van der Waals surface area contributed by atoms with Crippen LogP contribution in [0.1, 0.15) is 0 Å². The quantitative estimate of drug-likeness (QED) is 0.845. The van der Waals surface area contributed by atoms with Gasteiger partial charge in [-0.1, -0.05) is 18.2 Å². The second kappa shape index (κ2) is 3.86. The van der Waals surface area contributed by atoms with Crippen molar-refractivity contribution in [3.05, 3.63) is 42.7 Å². The first-order valence-electron chi connectivity index (χ1n) is 4.44. The highest BCUT2D eigenvalue weighted by Crippen LogP contribution is 2.17. The van der Waals surface area contributed by atoms with E-state index < -0.39 is 9.73 Å². The average Bonchev–Trinajstić information content (AvgIpc) is 2.71. The molecule has 0 aliphatic heterocycles. The van der Waals surface area contributed by atoms with Crippen molar-refractivity contribution in [3.8, 4) is 0 Å². The van der Waals surface area contributed by atoms with Gasteiger partial charge in [0.2, 0.25) is 0 Å². The molecule has 0 aliphatic carbocycles. The number of benzene rings is 1. The highest BCUT2D eigenvalue weighted by atomic mass is 32.2. The summed E-state index contributed by atoms with van der Waals surface area (Å²) < 4.78 is 16.4. The zero-order chi connectivity index (χ0) is 10.7. The first kappa shape index (κ1) is 9.92. The van der Waals surface area contributed by atoms with E-state index in [0.29, 0.717) is 5.69 Å². The molecule has 0 saturated carbocycles. The highest BCUT2D eigenvalue weighted by Gasteiger charge is 2.05. The van der Waals surface area contributed by atoms with Gasteiger partial charge in [0.15, 0.2) is 0 Å². The monoisotopic (exact) mass is 221 g/mol. The van der Waals surface area contributed by atoms with Crippen LogP contribution in [0, 0.1) is 0 Å². The van der Waals surface area contributed by atoms with Crippen molar-refractivity contribution in [1.82, 2.24) is 10.2 Å². The van der Waals surface area contributed by atoms with E-state index in [-0.39, 0.29) is 0 Å². The first-order chi connectivity index (χ1) is 7.18. The second-order valence-electron chi connectivity index (χ2n) is 3.16. The average molecular weight is 221 g/mol. The molecular weight excluding hydrogens is 210 g/mol. The van der Waals surface area contributed by atoms with Gasteiger partial charge in [-0.05, 0) is 12.1 Å². The molecule has 78 valence electrons. The minimum absolute atomic E-state index is 0.603. The number of H-pyrrole nitrogens is 1. The molecule has 0 unspecified atom stereocenters. The van der Waals surface area contributed by atoms with Crippen molar-refractivity contribution in [2.45, 2.75) is 4.90 Å². The standard InChI is InChI=1S/C10H11N3OS/c1-15(14,10-5-3-2-4-6-10)13-9-7-11-12-8-9/h2-8H,1H3,(H,11,12)/t15-/m1/s1. The highest BCUT2D eigenvalue weighted by molar-refractivity contribution is 7.93. The number of rotatable bonds is 2. The maximum absolute atomic E-state index is 12.2. The summed E-state index contributed by atoms with van der Waals surface area (Å²) in [5.74, 6) is 0. The van der Waals surface area contributed by atoms with E-state index in [1.54, 1.807) is 18.6 Å². The van der Waals surface area contributed by atoms with Gasteiger partial charge < -0.3 is 0 Å². The fourth-order valence-electron chi connectivity index (χ4n) is 1.22. The molecule has 0 fully saturated rings. The Morgan fingerprint density at radius 1 is 1.33 bits per heavy atom. The third-order valence-electron chi connectivity index (χ3n) is 1.94. The van der Waals surface area contributed by atoms with E-state index in [0.717, 1.165) is 4.90 Å². The summed E-state index contributed by atoms with van der Waals surface area (Å²) >= 11 is 0. The van der Waals surface area contributed by atoms with E-state index in [2.05, 4.69) is 14.6 Å². The minimum atomic E-state index is -2.37. The summed E-state index contributed by atoms with van der Waals surface area (Å²) in [5, 5.41) is 6.39. The Bertz CT molecular complexity index is 539. The molecule has 1 N–H and O–H groups in total. The van der Waals surface area contributed by atoms with Crippen molar-refractivity contribution >= 4 is 15.4 Å². The number of nitrogens with one attached hydrogen (secondary N) is 1. The van der Waals surface area contributed by atoms with E-state index in [4.69, 9.17) is 0 Å². The van der Waals surface area contributed by atoms with E-state index in [1.165, 1.54) is 0 Å². The lowest BCUT2D eigenvalue weighted by molar-refractivity contribution is 0.681. The van der Waals surface area contributed by atoms with Crippen LogP contribution < -0.4 is 0 Å². The molecule has 1 heterocycles. The maximum atomic E-state index is 12.2. The fourth-order valence-corrected chi connectivity index (χ4v) is 2.49. The molecule has 1 aromatic heterocycles. The van der Waals surface area contributed by atoms with Crippen LogP contribution in [0.25, 0.3) is 0 Å². The van der Waals surface area contributed by atoms with Gasteiger partial charge in [0.1, 0.15) is 5.69 Å². The predicted molar refractivity (Wildman–Crippen MR) is 59.5 cm³/mol. The van der Waals surface area contributed by atoms with Crippen molar-refractivity contribution in [2.75, 3.05) is 6.26 Å². The smallest absolute Gasteiger partial charge is 0.111 e. The third kappa shape index (κ3) is 2.24. The van der Waals surface area contributed by atoms with Gasteiger partial charge >= 0.3 is 0 Å². The summed E-state index contributed by atoms with van der Waals surface area (Å²) in [7, 11) is -2.37. The molecular formula is C10H11N3OS. The molecule has 1 atom stereocenters. The van der Waals surface area contributed by atoms with Crippen LogP contribution in [0.2, 0.25) is 0 Å². The van der Waals surface area contributed by atoms with Gasteiger partial charge in [-0.25, -0.2) is 4.21 Å². The van der Waals surface area contributed by atoms with Crippen molar-refractivity contribution in [3.63, 3.8) is 0 Å². The predicted octanol–water partition coefficient (Wildman–Crippen LogP) is 2.20. The molecule has 0 saturated heterocycles. The molecule has 2 aromatic rings. The van der Waals surface area contributed by atoms with Gasteiger partial charge in [0, 0.05) is 17.3 Å². The molecule has 0 aliphatic rings. The van der Waals surface area contributed by atoms with Crippen LogP contribution in [-0.2, 0) is 9.73 Å². The van der Waals surface area contributed by atoms with Crippen LogP contribution in [0.3, 0.4) is 0 Å². The van der Waals surface area contributed by atoms with Crippen LogP contribution in [0.5, 0.6) is 0 Å². The van der Waals surface area contributed by atoms with E-state index >= 15 is 0 Å². The summed E-state index contributed by atoms with van der Waals surface area (Å²) in [5.41, 5.74) is 0.603. The zero-order valence-corrected chi connectivity index (χ0v) is 9.07. The van der Waals surface area contributed by atoms with Gasteiger partial charge in [0.25, 0.3) is 0 Å². The number of aromatic nitrogens is 2. The molecule has 15 heavy (non-hydrogen) atoms.